The zero-order valence-electron chi connectivity index (χ0n) is 24.2. The number of benzene rings is 1. The summed E-state index contributed by atoms with van der Waals surface area (Å²) in [6.45, 7) is 6.70. The van der Waals surface area contributed by atoms with Crippen molar-refractivity contribution in [1.29, 1.82) is 0 Å². The van der Waals surface area contributed by atoms with Crippen molar-refractivity contribution < 1.29 is 29.1 Å². The van der Waals surface area contributed by atoms with E-state index in [0.717, 1.165) is 38.8 Å². The predicted molar refractivity (Wildman–Crippen MR) is 155 cm³/mol. The molecule has 2 heterocycles. The van der Waals surface area contributed by atoms with Crippen LogP contribution >= 0.6 is 0 Å². The number of rotatable bonds is 13. The van der Waals surface area contributed by atoms with Gasteiger partial charge in [0.1, 0.15) is 6.04 Å². The van der Waals surface area contributed by atoms with E-state index in [1.54, 1.807) is 17.0 Å². The van der Waals surface area contributed by atoms with Crippen LogP contribution in [0.25, 0.3) is 0 Å². The lowest BCUT2D eigenvalue weighted by atomic mass is 9.92. The average Bonchev–Trinajstić information content (AvgIpc) is 2.97. The second-order valence-corrected chi connectivity index (χ2v) is 11.6. The Bertz CT molecular complexity index is 1070. The lowest BCUT2D eigenvalue weighted by molar-refractivity contribution is -0.139. The van der Waals surface area contributed by atoms with Crippen LogP contribution in [0.4, 0.5) is 5.69 Å². The topological polar surface area (TPSA) is 157 Å². The molecule has 41 heavy (non-hydrogen) atoms. The summed E-state index contributed by atoms with van der Waals surface area (Å²) >= 11 is 0. The fraction of sp³-hybridized carbons (Fsp3) is 0.633. The molecule has 0 aromatic heterocycles. The molecule has 0 saturated carbocycles. The van der Waals surface area contributed by atoms with E-state index >= 15 is 0 Å². The molecule has 2 aliphatic heterocycles. The standard InChI is InChI=1S/C30H45N5O6/c1-20(2)8-10-26(36)33-24-7-3-5-22(17-24)29(39)34-25(30(40)41)18-32-28(38)23-6-4-16-35(19-23)27(37)11-9-21-12-14-31-15-13-21/h3,5,7,17,20-21,23,25,31H,4,6,8-16,18-19H2,1-2H3,(H,32,38)(H,33,36)(H,34,39)(H,40,41)/t23-,25-/m0/s1. The lowest BCUT2D eigenvalue weighted by Crippen LogP contribution is -2.51. The van der Waals surface area contributed by atoms with E-state index in [4.69, 9.17) is 0 Å². The van der Waals surface area contributed by atoms with Gasteiger partial charge in [0.25, 0.3) is 5.91 Å². The molecular weight excluding hydrogens is 526 g/mol. The van der Waals surface area contributed by atoms with Gasteiger partial charge in [-0.05, 0) is 81.6 Å². The van der Waals surface area contributed by atoms with Gasteiger partial charge in [0, 0.05) is 43.7 Å². The van der Waals surface area contributed by atoms with Crippen molar-refractivity contribution in [1.82, 2.24) is 20.9 Å². The van der Waals surface area contributed by atoms with E-state index in [0.29, 0.717) is 56.3 Å². The smallest absolute Gasteiger partial charge is 0.328 e. The third kappa shape index (κ3) is 10.8. The highest BCUT2D eigenvalue weighted by Crippen LogP contribution is 2.21. The van der Waals surface area contributed by atoms with Crippen LogP contribution in [0.15, 0.2) is 24.3 Å². The van der Waals surface area contributed by atoms with Gasteiger partial charge < -0.3 is 31.3 Å². The molecule has 4 amide bonds. The summed E-state index contributed by atoms with van der Waals surface area (Å²) in [6, 6.07) is 4.92. The average molecular weight is 572 g/mol. The molecule has 226 valence electrons. The quantitative estimate of drug-likeness (QED) is 0.243. The number of anilines is 1. The molecule has 1 aromatic rings. The normalized spacial score (nSPS) is 18.4. The Kier molecular flexibility index (Phi) is 12.6. The van der Waals surface area contributed by atoms with Crippen molar-refractivity contribution >= 4 is 35.3 Å². The highest BCUT2D eigenvalue weighted by atomic mass is 16.4. The van der Waals surface area contributed by atoms with E-state index in [1.165, 1.54) is 12.1 Å². The molecule has 0 bridgehead atoms. The van der Waals surface area contributed by atoms with Crippen molar-refractivity contribution in [3.05, 3.63) is 29.8 Å². The minimum absolute atomic E-state index is 0.0649. The first-order valence-corrected chi connectivity index (χ1v) is 14.8. The number of nitrogens with zero attached hydrogens (tertiary/aromatic N) is 1. The van der Waals surface area contributed by atoms with Crippen molar-refractivity contribution in [2.75, 3.05) is 38.0 Å². The predicted octanol–water partition coefficient (Wildman–Crippen LogP) is 2.38. The summed E-state index contributed by atoms with van der Waals surface area (Å²) in [5.41, 5.74) is 0.633. The number of likely N-dealkylation sites (tertiary alicyclic amines) is 1. The number of carbonyl (C=O) groups excluding carboxylic acids is 4. The SMILES string of the molecule is CC(C)CCC(=O)Nc1cccc(C(=O)N[C@@H](CNC(=O)[C@H]2CCCN(C(=O)CCC3CCNCC3)C2)C(=O)O)c1. The number of nitrogens with one attached hydrogen (secondary N) is 4. The maximum atomic E-state index is 12.9. The molecule has 0 radical (unpaired) electrons. The minimum Gasteiger partial charge on any atom is -0.480 e. The molecule has 11 nitrogen and oxygen atoms in total. The third-order valence-electron chi connectivity index (χ3n) is 7.81. The summed E-state index contributed by atoms with van der Waals surface area (Å²) in [7, 11) is 0. The van der Waals surface area contributed by atoms with E-state index in [2.05, 4.69) is 21.3 Å². The van der Waals surface area contributed by atoms with E-state index < -0.39 is 23.8 Å². The summed E-state index contributed by atoms with van der Waals surface area (Å²) in [6.07, 6.45) is 5.94. The molecule has 2 fully saturated rings. The van der Waals surface area contributed by atoms with Gasteiger partial charge in [-0.2, -0.15) is 0 Å². The molecular formula is C30H45N5O6. The number of amides is 4. The van der Waals surface area contributed by atoms with Crippen LogP contribution < -0.4 is 21.3 Å². The van der Waals surface area contributed by atoms with Crippen LogP contribution in [0.3, 0.4) is 0 Å². The monoisotopic (exact) mass is 571 g/mol. The molecule has 2 atom stereocenters. The first-order valence-electron chi connectivity index (χ1n) is 14.8. The molecule has 11 heteroatoms. The number of carboxylic acid groups (broad SMARTS) is 1. The highest BCUT2D eigenvalue weighted by Gasteiger charge is 2.30. The first-order chi connectivity index (χ1) is 19.6. The van der Waals surface area contributed by atoms with Crippen molar-refractivity contribution in [2.45, 2.75) is 71.3 Å². The van der Waals surface area contributed by atoms with Gasteiger partial charge in [-0.1, -0.05) is 19.9 Å². The fourth-order valence-electron chi connectivity index (χ4n) is 5.24. The van der Waals surface area contributed by atoms with E-state index in [-0.39, 0.29) is 29.8 Å². The lowest BCUT2D eigenvalue weighted by Gasteiger charge is -2.33. The van der Waals surface area contributed by atoms with Crippen molar-refractivity contribution in [2.24, 2.45) is 17.8 Å². The maximum absolute atomic E-state index is 12.9. The zero-order chi connectivity index (χ0) is 29.8. The second-order valence-electron chi connectivity index (χ2n) is 11.6. The Balaban J connectivity index is 1.47. The third-order valence-corrected chi connectivity index (χ3v) is 7.81. The van der Waals surface area contributed by atoms with Gasteiger partial charge in [0.05, 0.1) is 5.92 Å². The van der Waals surface area contributed by atoms with Crippen LogP contribution in [-0.2, 0) is 19.2 Å². The molecule has 2 saturated heterocycles. The van der Waals surface area contributed by atoms with Crippen LogP contribution in [-0.4, -0.2) is 78.4 Å². The van der Waals surface area contributed by atoms with Gasteiger partial charge in [-0.25, -0.2) is 4.79 Å². The Labute approximate surface area is 242 Å². The van der Waals surface area contributed by atoms with Gasteiger partial charge >= 0.3 is 5.97 Å². The molecule has 0 unspecified atom stereocenters. The number of carboxylic acids is 1. The number of hydrogen-bond donors (Lipinski definition) is 5. The van der Waals surface area contributed by atoms with Crippen LogP contribution in [0.2, 0.25) is 0 Å². The van der Waals surface area contributed by atoms with Crippen molar-refractivity contribution in [3.63, 3.8) is 0 Å². The van der Waals surface area contributed by atoms with Crippen molar-refractivity contribution in [3.8, 4) is 0 Å². The number of hydrogen-bond acceptors (Lipinski definition) is 6. The van der Waals surface area contributed by atoms with Gasteiger partial charge in [0.2, 0.25) is 17.7 Å². The van der Waals surface area contributed by atoms with Crippen LogP contribution in [0.5, 0.6) is 0 Å². The molecule has 1 aromatic carbocycles. The van der Waals surface area contributed by atoms with Gasteiger partial charge in [-0.3, -0.25) is 19.2 Å². The Morgan fingerprint density at radius 3 is 2.54 bits per heavy atom. The minimum atomic E-state index is -1.35. The molecule has 0 aliphatic carbocycles. The molecule has 3 rings (SSSR count). The number of aliphatic carboxylic acids is 1. The van der Waals surface area contributed by atoms with Crippen LogP contribution in [0, 0.1) is 17.8 Å². The van der Waals surface area contributed by atoms with Gasteiger partial charge in [-0.15, -0.1) is 0 Å². The Morgan fingerprint density at radius 2 is 1.83 bits per heavy atom. The fourth-order valence-corrected chi connectivity index (χ4v) is 5.24. The number of piperidine rings is 2. The molecule has 5 N–H and O–H groups in total. The Hall–Kier alpha value is -3.47. The van der Waals surface area contributed by atoms with E-state index in [1.807, 2.05) is 13.8 Å². The zero-order valence-corrected chi connectivity index (χ0v) is 24.2. The highest BCUT2D eigenvalue weighted by molar-refractivity contribution is 5.99. The van der Waals surface area contributed by atoms with Crippen LogP contribution in [0.1, 0.15) is 75.6 Å². The second kappa shape index (κ2) is 16.1. The first kappa shape index (κ1) is 32.0. The molecule has 0 spiro atoms. The summed E-state index contributed by atoms with van der Waals surface area (Å²) in [4.78, 5) is 64.2. The number of carbonyl (C=O) groups is 5. The van der Waals surface area contributed by atoms with E-state index in [9.17, 15) is 29.1 Å². The maximum Gasteiger partial charge on any atom is 0.328 e. The summed E-state index contributed by atoms with van der Waals surface area (Å²) in [5.74, 6) is -1.81. The summed E-state index contributed by atoms with van der Waals surface area (Å²) < 4.78 is 0. The summed E-state index contributed by atoms with van der Waals surface area (Å²) in [5, 5.41) is 20.9. The largest absolute Gasteiger partial charge is 0.480 e. The Morgan fingerprint density at radius 1 is 1.07 bits per heavy atom. The molecule has 2 aliphatic rings. The van der Waals surface area contributed by atoms with Gasteiger partial charge in [0.15, 0.2) is 0 Å².